The van der Waals surface area contributed by atoms with Crippen molar-refractivity contribution in [3.8, 4) is 0 Å². The van der Waals surface area contributed by atoms with E-state index in [-0.39, 0.29) is 53.6 Å². The number of carboxylic acids is 1. The highest BCUT2D eigenvalue weighted by atomic mass is 32.2. The number of fused-ring (bicyclic) bond motifs is 2. The normalized spacial score (nSPS) is 19.9. The summed E-state index contributed by atoms with van der Waals surface area (Å²) in [6, 6.07) is 6.98. The predicted octanol–water partition coefficient (Wildman–Crippen LogP) is 2.00. The van der Waals surface area contributed by atoms with Crippen LogP contribution in [0.4, 0.5) is 9.52 Å². The number of carboxylic acid groups (broad SMARTS) is 1. The molecule has 1 aromatic carbocycles. The molecule has 48 heavy (non-hydrogen) atoms. The van der Waals surface area contributed by atoms with Gasteiger partial charge in [-0.05, 0) is 24.5 Å². The van der Waals surface area contributed by atoms with Crippen LogP contribution in [0, 0.1) is 11.7 Å². The highest BCUT2D eigenvalue weighted by molar-refractivity contribution is 8.00. The van der Waals surface area contributed by atoms with E-state index in [0.717, 1.165) is 29.8 Å². The van der Waals surface area contributed by atoms with Gasteiger partial charge in [-0.3, -0.25) is 19.5 Å². The number of aliphatic carboxylic acids is 1. The van der Waals surface area contributed by atoms with E-state index in [1.54, 1.807) is 17.5 Å². The number of thiazole rings is 1. The van der Waals surface area contributed by atoms with Gasteiger partial charge < -0.3 is 21.4 Å². The number of rotatable bonds is 12. The Morgan fingerprint density at radius 3 is 2.75 bits per heavy atom. The lowest BCUT2D eigenvalue weighted by molar-refractivity contribution is -0.662. The quantitative estimate of drug-likeness (QED) is 0.0657. The number of Topliss-reactive ketones (excluding diaryl/α,β-unsaturated/α-hetero) is 1. The number of amidine groups is 1. The van der Waals surface area contributed by atoms with E-state index in [4.69, 9.17) is 16.3 Å². The standard InChI is InChI=1S/C31H30FN9O5S2/c1-46-37-25(22-15-48-31(34)36-22)23(42)11-20-28(43)41-26(30(44)45)18(14-47-29(20)41)13-39-7-6-24-38(8-9-40(24)39)12-17-3-2-16(10-21(17)32)27(33)35-19-4-5-19/h2-3,6-10,15,19-20,29H,4-5,11-14H2,1H3,(H4-,33,34,35,36,44,45)/p+1/b37-25-/t20-,29-/m1/s1. The van der Waals surface area contributed by atoms with Crippen LogP contribution >= 0.6 is 23.1 Å². The van der Waals surface area contributed by atoms with E-state index in [2.05, 4.69) is 15.1 Å². The van der Waals surface area contributed by atoms with Gasteiger partial charge in [0, 0.05) is 28.7 Å². The number of oxime groups is 1. The molecular weight excluding hydrogens is 662 g/mol. The van der Waals surface area contributed by atoms with Gasteiger partial charge in [0.15, 0.2) is 22.8 Å². The number of anilines is 1. The third-order valence-electron chi connectivity index (χ3n) is 8.48. The Kier molecular flexibility index (Phi) is 8.24. The number of nitrogens with zero attached hydrogens (tertiary/aromatic N) is 7. The Morgan fingerprint density at radius 1 is 1.25 bits per heavy atom. The molecule has 1 saturated carbocycles. The number of carbonyl (C=O) groups excluding carboxylic acids is 2. The van der Waals surface area contributed by atoms with Gasteiger partial charge in [-0.15, -0.1) is 27.6 Å². The van der Waals surface area contributed by atoms with Crippen LogP contribution in [0.25, 0.3) is 5.65 Å². The third-order valence-corrected chi connectivity index (χ3v) is 10.5. The smallest absolute Gasteiger partial charge is 0.352 e. The Labute approximate surface area is 281 Å². The number of amides is 1. The SMILES string of the molecule is CO/N=C(\C(=O)C[C@@H]1C(=O)N2C(C(=O)O)=C(Cn3ccc4n3cc[n+]4Cc3ccc(C(N)=NC4CC4)cc3F)CS[C@H]12)c1csc(N)n1. The average molecular weight is 693 g/mol. The number of ketones is 1. The fourth-order valence-electron chi connectivity index (χ4n) is 5.96. The minimum absolute atomic E-state index is 0.0458. The van der Waals surface area contributed by atoms with E-state index >= 15 is 4.39 Å². The average Bonchev–Trinajstić information content (AvgIpc) is 3.42. The number of nitrogens with two attached hydrogens (primary N) is 2. The van der Waals surface area contributed by atoms with Crippen molar-refractivity contribution in [2.45, 2.75) is 43.8 Å². The Hall–Kier alpha value is -5.03. The molecule has 0 bridgehead atoms. The number of benzene rings is 1. The zero-order valence-electron chi connectivity index (χ0n) is 25.7. The van der Waals surface area contributed by atoms with Crippen molar-refractivity contribution in [2.75, 3.05) is 18.6 Å². The second-order valence-electron chi connectivity index (χ2n) is 11.7. The van der Waals surface area contributed by atoms with Crippen LogP contribution in [0.5, 0.6) is 0 Å². The first-order valence-corrected chi connectivity index (χ1v) is 17.0. The van der Waals surface area contributed by atoms with Gasteiger partial charge in [0.1, 0.15) is 42.9 Å². The first-order valence-electron chi connectivity index (χ1n) is 15.1. The number of hydrogen-bond donors (Lipinski definition) is 3. The number of β-lactam (4-membered cyclic amide) rings is 1. The van der Waals surface area contributed by atoms with Crippen LogP contribution in [-0.4, -0.2) is 77.7 Å². The van der Waals surface area contributed by atoms with Crippen LogP contribution in [0.2, 0.25) is 0 Å². The molecule has 7 rings (SSSR count). The summed E-state index contributed by atoms with van der Waals surface area (Å²) in [5.41, 5.74) is 14.2. The Bertz CT molecular complexity index is 2060. The van der Waals surface area contributed by atoms with Gasteiger partial charge in [0.25, 0.3) is 0 Å². The van der Waals surface area contributed by atoms with Crippen LogP contribution in [0.1, 0.15) is 36.1 Å². The third kappa shape index (κ3) is 5.83. The molecule has 1 amide bonds. The van der Waals surface area contributed by atoms with E-state index in [1.807, 2.05) is 38.4 Å². The molecule has 1 aliphatic carbocycles. The van der Waals surface area contributed by atoms with Crippen molar-refractivity contribution in [1.82, 2.24) is 19.1 Å². The molecule has 2 atom stereocenters. The van der Waals surface area contributed by atoms with Crippen molar-refractivity contribution in [3.05, 3.63) is 82.1 Å². The Balaban J connectivity index is 1.07. The molecule has 1 saturated heterocycles. The molecule has 0 radical (unpaired) electrons. The topological polar surface area (TPSA) is 187 Å². The van der Waals surface area contributed by atoms with Crippen molar-refractivity contribution in [3.63, 3.8) is 0 Å². The summed E-state index contributed by atoms with van der Waals surface area (Å²) in [7, 11) is 1.30. The zero-order valence-corrected chi connectivity index (χ0v) is 27.3. The van der Waals surface area contributed by atoms with Crippen LogP contribution in [0.3, 0.4) is 0 Å². The molecule has 0 unspecified atom stereocenters. The summed E-state index contributed by atoms with van der Waals surface area (Å²) in [6.45, 7) is 0.466. The highest BCUT2D eigenvalue weighted by Crippen LogP contribution is 2.45. The molecule has 3 aromatic heterocycles. The fraction of sp³-hybridized carbons (Fsp3) is 0.323. The summed E-state index contributed by atoms with van der Waals surface area (Å²) < 4.78 is 20.6. The maximum absolute atomic E-state index is 15.1. The van der Waals surface area contributed by atoms with Gasteiger partial charge in [0.05, 0.1) is 36.1 Å². The van der Waals surface area contributed by atoms with Crippen LogP contribution < -0.4 is 16.0 Å². The van der Waals surface area contributed by atoms with Gasteiger partial charge in [-0.2, -0.15) is 0 Å². The second kappa shape index (κ2) is 12.5. The first-order chi connectivity index (χ1) is 23.1. The molecule has 2 fully saturated rings. The number of imidazole rings is 1. The molecule has 5 heterocycles. The number of aromatic nitrogens is 4. The molecule has 2 aliphatic heterocycles. The lowest BCUT2D eigenvalue weighted by atomic mass is 9.89. The first kappa shape index (κ1) is 31.6. The van der Waals surface area contributed by atoms with Crippen molar-refractivity contribution in [2.24, 2.45) is 21.8 Å². The molecule has 3 aliphatic rings. The van der Waals surface area contributed by atoms with E-state index < -0.39 is 29.0 Å². The maximum atomic E-state index is 15.1. The largest absolute Gasteiger partial charge is 0.477 e. The molecule has 4 aromatic rings. The van der Waals surface area contributed by atoms with Crippen LogP contribution in [-0.2, 0) is 32.3 Å². The van der Waals surface area contributed by atoms with Crippen LogP contribution in [0.15, 0.2) is 69.7 Å². The summed E-state index contributed by atoms with van der Waals surface area (Å²) in [4.78, 5) is 53.6. The lowest BCUT2D eigenvalue weighted by Gasteiger charge is -2.49. The minimum atomic E-state index is -1.22. The van der Waals surface area contributed by atoms with Gasteiger partial charge in [-0.25, -0.2) is 23.4 Å². The Morgan fingerprint density at radius 2 is 2.06 bits per heavy atom. The lowest BCUT2D eigenvalue weighted by Crippen LogP contribution is -2.62. The van der Waals surface area contributed by atoms with E-state index in [0.29, 0.717) is 28.3 Å². The molecule has 5 N–H and O–H groups in total. The summed E-state index contributed by atoms with van der Waals surface area (Å²) in [5, 5.41) is 15.3. The molecule has 14 nitrogen and oxygen atoms in total. The minimum Gasteiger partial charge on any atom is -0.477 e. The van der Waals surface area contributed by atoms with Crippen molar-refractivity contribution < 1.29 is 33.3 Å². The van der Waals surface area contributed by atoms with Crippen molar-refractivity contribution in [1.29, 1.82) is 0 Å². The summed E-state index contributed by atoms with van der Waals surface area (Å²) in [5.74, 6) is -2.55. The maximum Gasteiger partial charge on any atom is 0.352 e. The van der Waals surface area contributed by atoms with Gasteiger partial charge >= 0.3 is 11.6 Å². The zero-order chi connectivity index (χ0) is 33.7. The predicted molar refractivity (Wildman–Crippen MR) is 176 cm³/mol. The number of thioether (sulfide) groups is 1. The van der Waals surface area contributed by atoms with Gasteiger partial charge in [0.2, 0.25) is 5.91 Å². The fourth-order valence-corrected chi connectivity index (χ4v) is 7.91. The number of hydrogen-bond acceptors (Lipinski definition) is 10. The monoisotopic (exact) mass is 692 g/mol. The molecule has 17 heteroatoms. The number of carbonyl (C=O) groups is 3. The van der Waals surface area contributed by atoms with E-state index in [9.17, 15) is 19.5 Å². The van der Waals surface area contributed by atoms with Crippen molar-refractivity contribution >= 4 is 63.1 Å². The number of aliphatic imine (C=N–C) groups is 1. The molecular formula is C31H31FN9O5S2+. The van der Waals surface area contributed by atoms with E-state index in [1.165, 1.54) is 29.8 Å². The second-order valence-corrected chi connectivity index (χ2v) is 13.7. The number of nitrogen functional groups attached to an aromatic ring is 1. The highest BCUT2D eigenvalue weighted by Gasteiger charge is 2.54. The summed E-state index contributed by atoms with van der Waals surface area (Å²) >= 11 is 2.55. The number of halogens is 1. The molecule has 0 spiro atoms. The summed E-state index contributed by atoms with van der Waals surface area (Å²) in [6.07, 6.45) is 7.28. The molecule has 248 valence electrons. The van der Waals surface area contributed by atoms with Gasteiger partial charge in [-0.1, -0.05) is 17.3 Å².